The molecule has 0 bridgehead atoms. The van der Waals surface area contributed by atoms with Crippen LogP contribution in [0.4, 0.5) is 5.69 Å². The Morgan fingerprint density at radius 2 is 1.97 bits per heavy atom. The second-order valence-corrected chi connectivity index (χ2v) is 7.84. The molecule has 7 heteroatoms. The Balaban J connectivity index is 1.29. The van der Waals surface area contributed by atoms with Gasteiger partial charge in [-0.3, -0.25) is 9.59 Å². The van der Waals surface area contributed by atoms with Gasteiger partial charge in [-0.05, 0) is 31.2 Å². The van der Waals surface area contributed by atoms with Crippen LogP contribution in [-0.4, -0.2) is 48.0 Å². The number of carbonyl (C=O) groups excluding carboxylic acids is 1. The maximum atomic E-state index is 12.5. The van der Waals surface area contributed by atoms with E-state index >= 15 is 0 Å². The first-order chi connectivity index (χ1) is 14.2. The van der Waals surface area contributed by atoms with E-state index in [-0.39, 0.29) is 23.5 Å². The number of ether oxygens (including phenoxy) is 1. The van der Waals surface area contributed by atoms with Gasteiger partial charge in [0, 0.05) is 38.2 Å². The number of amides is 1. The standard InChI is InChI=1S/C22H28N4O3/c27-21-13-19(14-24-26(21)16-17-5-2-1-3-6-17)25-10-8-18(9-11-25)22(28)23-15-20-7-4-12-29-20/h1-3,5-6,13-14,18,20H,4,7-12,15-16H2,(H,23,28)/t20-/m1/s1. The monoisotopic (exact) mass is 396 g/mol. The lowest BCUT2D eigenvalue weighted by atomic mass is 9.95. The van der Waals surface area contributed by atoms with Crippen molar-refractivity contribution in [3.8, 4) is 0 Å². The van der Waals surface area contributed by atoms with Crippen LogP contribution in [-0.2, 0) is 16.1 Å². The molecule has 0 spiro atoms. The van der Waals surface area contributed by atoms with E-state index in [0.29, 0.717) is 13.1 Å². The van der Waals surface area contributed by atoms with Crippen LogP contribution in [0.25, 0.3) is 0 Å². The Kier molecular flexibility index (Phi) is 6.24. The highest BCUT2D eigenvalue weighted by Crippen LogP contribution is 2.22. The van der Waals surface area contributed by atoms with E-state index in [1.54, 1.807) is 12.3 Å². The van der Waals surface area contributed by atoms with Crippen molar-refractivity contribution in [1.29, 1.82) is 0 Å². The molecule has 0 unspecified atom stereocenters. The largest absolute Gasteiger partial charge is 0.376 e. The van der Waals surface area contributed by atoms with Crippen LogP contribution in [0.15, 0.2) is 47.4 Å². The van der Waals surface area contributed by atoms with Crippen molar-refractivity contribution in [3.63, 3.8) is 0 Å². The Labute approximate surface area is 170 Å². The van der Waals surface area contributed by atoms with Crippen LogP contribution in [0, 0.1) is 5.92 Å². The van der Waals surface area contributed by atoms with Crippen molar-refractivity contribution in [2.75, 3.05) is 31.1 Å². The summed E-state index contributed by atoms with van der Waals surface area (Å²) in [7, 11) is 0. The minimum Gasteiger partial charge on any atom is -0.376 e. The molecule has 1 aromatic heterocycles. The van der Waals surface area contributed by atoms with Gasteiger partial charge in [0.1, 0.15) is 0 Å². The molecular formula is C22H28N4O3. The maximum absolute atomic E-state index is 12.5. The molecule has 0 saturated carbocycles. The topological polar surface area (TPSA) is 76.5 Å². The molecule has 1 amide bonds. The molecule has 2 aliphatic rings. The van der Waals surface area contributed by atoms with Crippen molar-refractivity contribution in [2.24, 2.45) is 5.92 Å². The summed E-state index contributed by atoms with van der Waals surface area (Å²) in [5.74, 6) is 0.149. The van der Waals surface area contributed by atoms with Crippen molar-refractivity contribution in [1.82, 2.24) is 15.1 Å². The fourth-order valence-corrected chi connectivity index (χ4v) is 4.04. The van der Waals surface area contributed by atoms with Crippen LogP contribution in [0.1, 0.15) is 31.2 Å². The zero-order chi connectivity index (χ0) is 20.1. The molecule has 154 valence electrons. The summed E-state index contributed by atoms with van der Waals surface area (Å²) >= 11 is 0. The zero-order valence-corrected chi connectivity index (χ0v) is 16.6. The number of carbonyl (C=O) groups is 1. The highest BCUT2D eigenvalue weighted by Gasteiger charge is 2.26. The van der Waals surface area contributed by atoms with Crippen LogP contribution in [0.3, 0.4) is 0 Å². The van der Waals surface area contributed by atoms with Crippen LogP contribution in [0.2, 0.25) is 0 Å². The van der Waals surface area contributed by atoms with E-state index in [9.17, 15) is 9.59 Å². The molecule has 4 rings (SSSR count). The fourth-order valence-electron chi connectivity index (χ4n) is 4.04. The quantitative estimate of drug-likeness (QED) is 0.806. The highest BCUT2D eigenvalue weighted by atomic mass is 16.5. The molecule has 29 heavy (non-hydrogen) atoms. The van der Waals surface area contributed by atoms with E-state index in [1.165, 1.54) is 4.68 Å². The lowest BCUT2D eigenvalue weighted by molar-refractivity contribution is -0.126. The Hall–Kier alpha value is -2.67. The number of rotatable bonds is 6. The van der Waals surface area contributed by atoms with E-state index in [0.717, 1.165) is 56.6 Å². The van der Waals surface area contributed by atoms with Gasteiger partial charge in [0.05, 0.1) is 24.5 Å². The molecule has 2 saturated heterocycles. The number of nitrogens with zero attached hydrogens (tertiary/aromatic N) is 3. The lowest BCUT2D eigenvalue weighted by Gasteiger charge is -2.32. The van der Waals surface area contributed by atoms with E-state index < -0.39 is 0 Å². The third-order valence-corrected chi connectivity index (χ3v) is 5.79. The van der Waals surface area contributed by atoms with Crippen molar-refractivity contribution < 1.29 is 9.53 Å². The van der Waals surface area contributed by atoms with Crippen LogP contribution < -0.4 is 15.8 Å². The average Bonchev–Trinajstić information content (AvgIpc) is 3.28. The zero-order valence-electron chi connectivity index (χ0n) is 16.6. The van der Waals surface area contributed by atoms with Gasteiger partial charge in [-0.1, -0.05) is 30.3 Å². The minimum atomic E-state index is -0.109. The number of benzene rings is 1. The number of hydrogen-bond donors (Lipinski definition) is 1. The number of hydrogen-bond acceptors (Lipinski definition) is 5. The molecule has 2 aromatic rings. The predicted octanol–water partition coefficient (Wildman–Crippen LogP) is 1.80. The summed E-state index contributed by atoms with van der Waals surface area (Å²) in [5, 5.41) is 7.39. The summed E-state index contributed by atoms with van der Waals surface area (Å²) in [6.45, 7) is 3.39. The molecule has 2 fully saturated rings. The molecule has 2 aliphatic heterocycles. The Morgan fingerprint density at radius 1 is 1.17 bits per heavy atom. The molecule has 1 atom stereocenters. The first-order valence-corrected chi connectivity index (χ1v) is 10.4. The van der Waals surface area contributed by atoms with E-state index in [4.69, 9.17) is 4.74 Å². The van der Waals surface area contributed by atoms with Crippen molar-refractivity contribution >= 4 is 11.6 Å². The van der Waals surface area contributed by atoms with Crippen molar-refractivity contribution in [2.45, 2.75) is 38.3 Å². The smallest absolute Gasteiger partial charge is 0.269 e. The molecule has 7 nitrogen and oxygen atoms in total. The minimum absolute atomic E-state index is 0.0269. The van der Waals surface area contributed by atoms with Crippen LogP contribution in [0.5, 0.6) is 0 Å². The van der Waals surface area contributed by atoms with Gasteiger partial charge >= 0.3 is 0 Å². The van der Waals surface area contributed by atoms with E-state index in [2.05, 4.69) is 15.3 Å². The molecule has 0 aliphatic carbocycles. The molecule has 0 radical (unpaired) electrons. The van der Waals surface area contributed by atoms with Crippen LogP contribution >= 0.6 is 0 Å². The average molecular weight is 396 g/mol. The van der Waals surface area contributed by atoms with Gasteiger partial charge in [0.15, 0.2) is 0 Å². The third kappa shape index (κ3) is 5.03. The summed E-state index contributed by atoms with van der Waals surface area (Å²) < 4.78 is 7.04. The number of piperidine rings is 1. The van der Waals surface area contributed by atoms with E-state index in [1.807, 2.05) is 30.3 Å². The van der Waals surface area contributed by atoms with Gasteiger partial charge in [-0.15, -0.1) is 0 Å². The van der Waals surface area contributed by atoms with Gasteiger partial charge in [-0.25, -0.2) is 4.68 Å². The van der Waals surface area contributed by atoms with Gasteiger partial charge in [0.2, 0.25) is 5.91 Å². The number of anilines is 1. The summed E-state index contributed by atoms with van der Waals surface area (Å²) in [6.07, 6.45) is 5.60. The maximum Gasteiger partial charge on any atom is 0.269 e. The summed E-state index contributed by atoms with van der Waals surface area (Å²) in [6, 6.07) is 11.5. The second kappa shape index (κ2) is 9.22. The highest BCUT2D eigenvalue weighted by molar-refractivity contribution is 5.79. The molecule has 1 aromatic carbocycles. The predicted molar refractivity (Wildman–Crippen MR) is 111 cm³/mol. The first kappa shape index (κ1) is 19.6. The number of nitrogens with one attached hydrogen (secondary N) is 1. The van der Waals surface area contributed by atoms with Gasteiger partial charge < -0.3 is 15.0 Å². The molecular weight excluding hydrogens is 368 g/mol. The van der Waals surface area contributed by atoms with Crippen molar-refractivity contribution in [3.05, 3.63) is 58.5 Å². The normalized spacial score (nSPS) is 20.0. The lowest BCUT2D eigenvalue weighted by Crippen LogP contribution is -2.42. The first-order valence-electron chi connectivity index (χ1n) is 10.4. The van der Waals surface area contributed by atoms with Gasteiger partial charge in [-0.2, -0.15) is 5.10 Å². The SMILES string of the molecule is O=C(NC[C@H]1CCCO1)C1CCN(c2cnn(Cc3ccccc3)c(=O)c2)CC1. The second-order valence-electron chi connectivity index (χ2n) is 7.84. The number of aromatic nitrogens is 2. The molecule has 1 N–H and O–H groups in total. The Bertz CT molecular complexity index is 869. The molecule has 3 heterocycles. The summed E-state index contributed by atoms with van der Waals surface area (Å²) in [5.41, 5.74) is 1.77. The fraction of sp³-hybridized carbons (Fsp3) is 0.500. The Morgan fingerprint density at radius 3 is 2.66 bits per heavy atom. The van der Waals surface area contributed by atoms with Gasteiger partial charge in [0.25, 0.3) is 5.56 Å². The third-order valence-electron chi connectivity index (χ3n) is 5.79. The summed E-state index contributed by atoms with van der Waals surface area (Å²) in [4.78, 5) is 27.0.